The molecule has 6 nitrogen and oxygen atoms in total. The summed E-state index contributed by atoms with van der Waals surface area (Å²) in [7, 11) is 3.22. The van der Waals surface area contributed by atoms with Gasteiger partial charge in [-0.1, -0.05) is 23.7 Å². The van der Waals surface area contributed by atoms with Gasteiger partial charge in [0.05, 0.1) is 12.2 Å². The van der Waals surface area contributed by atoms with E-state index >= 15 is 0 Å². The van der Waals surface area contributed by atoms with Gasteiger partial charge in [0, 0.05) is 36.6 Å². The first-order chi connectivity index (χ1) is 12.0. The van der Waals surface area contributed by atoms with E-state index < -0.39 is 0 Å². The van der Waals surface area contributed by atoms with Crippen LogP contribution < -0.4 is 5.32 Å². The largest absolute Gasteiger partial charge is 0.365 e. The van der Waals surface area contributed by atoms with Crippen molar-refractivity contribution in [2.45, 2.75) is 20.1 Å². The Morgan fingerprint density at radius 2 is 1.84 bits per heavy atom. The molecule has 7 heteroatoms. The fraction of sp³-hybridized carbons (Fsp3) is 0.333. The molecule has 1 N–H and O–H groups in total. The van der Waals surface area contributed by atoms with Crippen LogP contribution in [0, 0.1) is 13.8 Å². The number of nitrogens with one attached hydrogen (secondary N) is 1. The molecule has 3 rings (SSSR count). The van der Waals surface area contributed by atoms with Crippen LogP contribution in [-0.2, 0) is 9.47 Å². The number of benzene rings is 1. The van der Waals surface area contributed by atoms with Crippen molar-refractivity contribution in [2.75, 3.05) is 26.1 Å². The molecule has 0 saturated carbocycles. The fourth-order valence-electron chi connectivity index (χ4n) is 2.78. The van der Waals surface area contributed by atoms with E-state index in [-0.39, 0.29) is 6.29 Å². The maximum Gasteiger partial charge on any atom is 0.173 e. The van der Waals surface area contributed by atoms with Gasteiger partial charge in [-0.15, -0.1) is 0 Å². The smallest absolute Gasteiger partial charge is 0.173 e. The van der Waals surface area contributed by atoms with Gasteiger partial charge in [0.15, 0.2) is 11.9 Å². The molecule has 1 aromatic carbocycles. The van der Waals surface area contributed by atoms with Crippen LogP contribution in [0.4, 0.5) is 5.82 Å². The summed E-state index contributed by atoms with van der Waals surface area (Å²) in [5, 5.41) is 8.68. The van der Waals surface area contributed by atoms with E-state index in [0.717, 1.165) is 34.0 Å². The summed E-state index contributed by atoms with van der Waals surface area (Å²) in [6, 6.07) is 9.66. The summed E-state index contributed by atoms with van der Waals surface area (Å²) in [6.07, 6.45) is -0.337. The number of nitrogens with zero attached hydrogens (tertiary/aromatic N) is 3. The fourth-order valence-corrected chi connectivity index (χ4v) is 2.90. The second kappa shape index (κ2) is 7.39. The molecule has 0 aliphatic carbocycles. The van der Waals surface area contributed by atoms with Crippen molar-refractivity contribution in [3.05, 3.63) is 46.7 Å². The van der Waals surface area contributed by atoms with E-state index in [1.54, 1.807) is 14.2 Å². The average Bonchev–Trinajstić information content (AvgIpc) is 2.92. The number of methoxy groups -OCH3 is 2. The van der Waals surface area contributed by atoms with Gasteiger partial charge < -0.3 is 14.8 Å². The van der Waals surface area contributed by atoms with Gasteiger partial charge in [-0.3, -0.25) is 0 Å². The maximum absolute atomic E-state index is 6.01. The average molecular weight is 361 g/mol. The number of anilines is 1. The number of halogens is 1. The Morgan fingerprint density at radius 1 is 1.16 bits per heavy atom. The third-order valence-electron chi connectivity index (χ3n) is 4.00. The summed E-state index contributed by atoms with van der Waals surface area (Å²) < 4.78 is 12.3. The van der Waals surface area contributed by atoms with Crippen LogP contribution in [-0.4, -0.2) is 41.7 Å². The van der Waals surface area contributed by atoms with Crippen LogP contribution in [0.2, 0.25) is 5.02 Å². The van der Waals surface area contributed by atoms with Crippen molar-refractivity contribution in [1.29, 1.82) is 0 Å². The molecule has 0 spiro atoms. The number of hydrogen-bond donors (Lipinski definition) is 1. The third kappa shape index (κ3) is 3.61. The molecule has 0 saturated heterocycles. The monoisotopic (exact) mass is 360 g/mol. The van der Waals surface area contributed by atoms with E-state index in [1.807, 2.05) is 48.7 Å². The predicted molar refractivity (Wildman–Crippen MR) is 99.2 cm³/mol. The van der Waals surface area contributed by atoms with E-state index in [0.29, 0.717) is 11.6 Å². The minimum absolute atomic E-state index is 0.337. The lowest BCUT2D eigenvalue weighted by atomic mass is 10.1. The molecule has 0 unspecified atom stereocenters. The molecule has 0 aliphatic rings. The molecule has 0 amide bonds. The minimum atomic E-state index is -0.337. The van der Waals surface area contributed by atoms with Gasteiger partial charge in [-0.2, -0.15) is 9.61 Å². The van der Waals surface area contributed by atoms with E-state index in [2.05, 4.69) is 15.4 Å². The summed E-state index contributed by atoms with van der Waals surface area (Å²) in [6.45, 7) is 4.44. The van der Waals surface area contributed by atoms with Crippen LogP contribution >= 0.6 is 11.6 Å². The van der Waals surface area contributed by atoms with Crippen LogP contribution in [0.5, 0.6) is 0 Å². The zero-order chi connectivity index (χ0) is 18.0. The second-order valence-corrected chi connectivity index (χ2v) is 6.20. The van der Waals surface area contributed by atoms with Crippen LogP contribution in [0.1, 0.15) is 11.4 Å². The molecule has 0 bridgehead atoms. The van der Waals surface area contributed by atoms with Crippen molar-refractivity contribution in [3.63, 3.8) is 0 Å². The molecule has 2 heterocycles. The maximum atomic E-state index is 6.01. The van der Waals surface area contributed by atoms with E-state index in [4.69, 9.17) is 21.1 Å². The van der Waals surface area contributed by atoms with Gasteiger partial charge >= 0.3 is 0 Å². The summed E-state index contributed by atoms with van der Waals surface area (Å²) in [5.74, 6) is 0.838. The van der Waals surface area contributed by atoms with Crippen LogP contribution in [0.3, 0.4) is 0 Å². The van der Waals surface area contributed by atoms with Crippen molar-refractivity contribution >= 4 is 23.1 Å². The highest BCUT2D eigenvalue weighted by Gasteiger charge is 2.16. The second-order valence-electron chi connectivity index (χ2n) is 5.77. The van der Waals surface area contributed by atoms with Gasteiger partial charge in [0.25, 0.3) is 0 Å². The molecule has 0 atom stereocenters. The molecule has 2 aromatic heterocycles. The first-order valence-electron chi connectivity index (χ1n) is 7.96. The van der Waals surface area contributed by atoms with E-state index in [1.165, 1.54) is 0 Å². The van der Waals surface area contributed by atoms with Gasteiger partial charge in [-0.25, -0.2) is 4.98 Å². The lowest BCUT2D eigenvalue weighted by molar-refractivity contribution is -0.0914. The number of hydrogen-bond acceptors (Lipinski definition) is 5. The molecule has 0 fully saturated rings. The first kappa shape index (κ1) is 17.7. The third-order valence-corrected chi connectivity index (χ3v) is 4.25. The topological polar surface area (TPSA) is 60.7 Å². The molecule has 25 heavy (non-hydrogen) atoms. The van der Waals surface area contributed by atoms with Crippen molar-refractivity contribution in [3.8, 4) is 11.1 Å². The highest BCUT2D eigenvalue weighted by atomic mass is 35.5. The van der Waals surface area contributed by atoms with Gasteiger partial charge in [0.2, 0.25) is 0 Å². The van der Waals surface area contributed by atoms with Crippen LogP contribution in [0.15, 0.2) is 30.3 Å². The molecular formula is C18H21ClN4O2. The molecule has 0 radical (unpaired) electrons. The van der Waals surface area contributed by atoms with Crippen molar-refractivity contribution < 1.29 is 9.47 Å². The number of aromatic nitrogens is 3. The Labute approximate surface area is 151 Å². The Bertz CT molecular complexity index is 873. The zero-order valence-corrected chi connectivity index (χ0v) is 15.5. The summed E-state index contributed by atoms with van der Waals surface area (Å²) in [4.78, 5) is 4.69. The first-order valence-corrected chi connectivity index (χ1v) is 8.33. The number of rotatable bonds is 6. The highest BCUT2D eigenvalue weighted by Crippen LogP contribution is 2.30. The van der Waals surface area contributed by atoms with Gasteiger partial charge in [0.1, 0.15) is 5.82 Å². The Balaban J connectivity index is 2.06. The number of ether oxygens (including phenoxy) is 2. The molecule has 132 valence electrons. The summed E-state index contributed by atoms with van der Waals surface area (Å²) in [5.41, 5.74) is 4.63. The quantitative estimate of drug-likeness (QED) is 0.679. The Kier molecular flexibility index (Phi) is 5.22. The summed E-state index contributed by atoms with van der Waals surface area (Å²) >= 11 is 6.01. The van der Waals surface area contributed by atoms with Crippen molar-refractivity contribution in [2.24, 2.45) is 0 Å². The van der Waals surface area contributed by atoms with Crippen LogP contribution in [0.25, 0.3) is 16.8 Å². The lowest BCUT2D eigenvalue weighted by Gasteiger charge is -2.15. The lowest BCUT2D eigenvalue weighted by Crippen LogP contribution is -2.24. The molecule has 0 aliphatic heterocycles. The standard InChI is InChI=1S/C18H21ClN4O2/c1-11-9-15(20-10-16(24-3)25-4)23-18(21-11)17(12(2)22-23)13-5-7-14(19)8-6-13/h5-9,16,20H,10H2,1-4H3. The SMILES string of the molecule is COC(CNc1cc(C)nc2c(-c3ccc(Cl)cc3)c(C)nn12)OC. The highest BCUT2D eigenvalue weighted by molar-refractivity contribution is 6.30. The van der Waals surface area contributed by atoms with E-state index in [9.17, 15) is 0 Å². The molecular weight excluding hydrogens is 340 g/mol. The normalized spacial score (nSPS) is 11.4. The zero-order valence-electron chi connectivity index (χ0n) is 14.7. The Hall–Kier alpha value is -2.15. The number of aryl methyl sites for hydroxylation is 2. The van der Waals surface area contributed by atoms with Gasteiger partial charge in [-0.05, 0) is 31.5 Å². The minimum Gasteiger partial charge on any atom is -0.365 e. The molecule has 3 aromatic rings. The Morgan fingerprint density at radius 3 is 2.48 bits per heavy atom. The predicted octanol–water partition coefficient (Wildman–Crippen LogP) is 3.70. The number of fused-ring (bicyclic) bond motifs is 1. The van der Waals surface area contributed by atoms with Crippen molar-refractivity contribution in [1.82, 2.24) is 14.6 Å².